The number of carbonyl (C=O) groups excluding carboxylic acids is 3. The number of aromatic hydroxyl groups is 1. The number of aryl methyl sites for hydroxylation is 2. The maximum absolute atomic E-state index is 13.4. The second-order valence-electron chi connectivity index (χ2n) is 12.4. The second-order valence-corrected chi connectivity index (χ2v) is 15.0. The van der Waals surface area contributed by atoms with Gasteiger partial charge in [0.1, 0.15) is 17.1 Å². The van der Waals surface area contributed by atoms with E-state index in [1.165, 1.54) is 23.5 Å². The first kappa shape index (κ1) is 42.7. The van der Waals surface area contributed by atoms with E-state index in [0.29, 0.717) is 71.6 Å². The number of aromatic carboxylic acids is 1. The molecule has 1 aromatic heterocycles. The van der Waals surface area contributed by atoms with Crippen LogP contribution in [0.2, 0.25) is 5.02 Å². The zero-order valence-corrected chi connectivity index (χ0v) is 33.1. The van der Waals surface area contributed by atoms with E-state index in [2.05, 4.69) is 26.5 Å². The quantitative estimate of drug-likeness (QED) is 0.0392. The predicted molar refractivity (Wildman–Crippen MR) is 219 cm³/mol. The number of halogens is 1. The summed E-state index contributed by atoms with van der Waals surface area (Å²) in [4.78, 5) is 50.8. The molecule has 12 nitrogen and oxygen atoms in total. The number of nitrogens with zero attached hydrogens (tertiary/aromatic N) is 1. The number of thioether (sulfide) groups is 1. The Morgan fingerprint density at radius 3 is 2.42 bits per heavy atom. The number of hydrogen-bond acceptors (Lipinski definition) is 9. The van der Waals surface area contributed by atoms with E-state index in [-0.39, 0.29) is 29.7 Å². The minimum Gasteiger partial charge on any atom is -0.507 e. The zero-order valence-electron chi connectivity index (χ0n) is 30.7. The van der Waals surface area contributed by atoms with Crippen LogP contribution in [-0.4, -0.2) is 71.2 Å². The van der Waals surface area contributed by atoms with E-state index in [9.17, 15) is 29.4 Å². The summed E-state index contributed by atoms with van der Waals surface area (Å²) in [7, 11) is 0. The minimum absolute atomic E-state index is 0.0578. The smallest absolute Gasteiger partial charge is 0.339 e. The summed E-state index contributed by atoms with van der Waals surface area (Å²) in [6.45, 7) is 4.61. The van der Waals surface area contributed by atoms with Crippen molar-refractivity contribution in [2.45, 2.75) is 57.7 Å². The Kier molecular flexibility index (Phi) is 17.4. The fourth-order valence-electron chi connectivity index (χ4n) is 5.39. The number of urea groups is 1. The van der Waals surface area contributed by atoms with E-state index < -0.39 is 18.0 Å². The molecule has 4 aromatic rings. The van der Waals surface area contributed by atoms with Crippen LogP contribution in [0.5, 0.6) is 11.5 Å². The summed E-state index contributed by atoms with van der Waals surface area (Å²) in [5.41, 5.74) is 5.83. The molecule has 0 aliphatic rings. The molecule has 0 saturated heterocycles. The monoisotopic (exact) mass is 807 g/mol. The maximum Gasteiger partial charge on any atom is 0.339 e. The fraction of sp³-hybridized carbons (Fsp3) is 0.325. The number of amides is 4. The second kappa shape index (κ2) is 22.4. The van der Waals surface area contributed by atoms with Crippen LogP contribution in [0.25, 0.3) is 0 Å². The third kappa shape index (κ3) is 14.3. The highest BCUT2D eigenvalue weighted by atomic mass is 35.5. The first-order valence-electron chi connectivity index (χ1n) is 17.9. The molecule has 0 bridgehead atoms. The van der Waals surface area contributed by atoms with Crippen LogP contribution in [0, 0.1) is 0 Å². The summed E-state index contributed by atoms with van der Waals surface area (Å²) < 4.78 is 5.49. The van der Waals surface area contributed by atoms with E-state index in [0.717, 1.165) is 28.0 Å². The normalized spacial score (nSPS) is 11.7. The number of likely N-dealkylation sites (N-methyl/N-ethyl adjacent to an activating group) is 1. The van der Waals surface area contributed by atoms with Crippen molar-refractivity contribution in [3.8, 4) is 11.5 Å². The van der Waals surface area contributed by atoms with Crippen LogP contribution in [0.3, 0.4) is 0 Å². The Balaban J connectivity index is 1.32. The molecule has 0 aliphatic carbocycles. The van der Waals surface area contributed by atoms with Crippen molar-refractivity contribution < 1.29 is 34.1 Å². The molecule has 1 heterocycles. The number of phenols is 1. The van der Waals surface area contributed by atoms with Crippen molar-refractivity contribution in [1.29, 1.82) is 0 Å². The number of benzene rings is 3. The average molecular weight is 808 g/mol. The largest absolute Gasteiger partial charge is 0.507 e. The molecule has 6 N–H and O–H groups in total. The summed E-state index contributed by atoms with van der Waals surface area (Å²) in [6.07, 6.45) is 3.15. The molecule has 0 unspecified atom stereocenters. The van der Waals surface area contributed by atoms with Gasteiger partial charge in [0, 0.05) is 34.5 Å². The first-order chi connectivity index (χ1) is 26.6. The molecule has 292 valence electrons. The van der Waals surface area contributed by atoms with Gasteiger partial charge in [-0.25, -0.2) is 15.0 Å². The number of carboxylic acid groups (broad SMARTS) is 1. The molecule has 0 fully saturated rings. The van der Waals surface area contributed by atoms with E-state index in [1.54, 1.807) is 36.0 Å². The molecular formula is C40H46ClN5O7S2. The topological polar surface area (TPSA) is 178 Å². The van der Waals surface area contributed by atoms with E-state index in [1.807, 2.05) is 56.3 Å². The minimum atomic E-state index is -1.18. The first-order valence-corrected chi connectivity index (χ1v) is 20.3. The number of ether oxygens (including phenoxy) is 1. The molecule has 1 atom stereocenters. The van der Waals surface area contributed by atoms with Gasteiger partial charge in [-0.15, -0.1) is 11.3 Å². The lowest BCUT2D eigenvalue weighted by Crippen LogP contribution is -2.43. The van der Waals surface area contributed by atoms with Crippen LogP contribution in [0.1, 0.15) is 68.3 Å². The van der Waals surface area contributed by atoms with Gasteiger partial charge >= 0.3 is 12.0 Å². The number of carboxylic acids is 1. The zero-order chi connectivity index (χ0) is 39.6. The highest BCUT2D eigenvalue weighted by Crippen LogP contribution is 2.24. The molecule has 4 amide bonds. The van der Waals surface area contributed by atoms with Gasteiger partial charge in [-0.05, 0) is 98.2 Å². The van der Waals surface area contributed by atoms with Crippen LogP contribution < -0.4 is 26.1 Å². The third-order valence-corrected chi connectivity index (χ3v) is 10.8. The standard InChI is InChI=1S/C40H46ClN5O7S2/c1-3-33(44-38(49)36-19-17-30(55-36)10-7-8-27-14-18-35(47)31(22-27)39(50)51)34(25-54-24-28-9-5-6-11-32(28)41)45-46-40(52)43-21-20-26-12-15-29(16-13-26)53-23-37(48)42-4-2/h5-6,9,11-19,22,33,47H,3-4,7-8,10,20-21,23-25H2,1-2H3,(H,42,48)(H,44,49)(H,50,51)(H2,43,46,52)/b45-34+/t33-/m0/s1. The lowest BCUT2D eigenvalue weighted by Gasteiger charge is -2.19. The van der Waals surface area contributed by atoms with Crippen molar-refractivity contribution in [3.63, 3.8) is 0 Å². The molecule has 0 saturated carbocycles. The lowest BCUT2D eigenvalue weighted by atomic mass is 10.0. The van der Waals surface area contributed by atoms with Gasteiger partial charge < -0.3 is 30.9 Å². The fourth-order valence-corrected chi connectivity index (χ4v) is 7.67. The van der Waals surface area contributed by atoms with Crippen LogP contribution in [0.15, 0.2) is 84.0 Å². The van der Waals surface area contributed by atoms with Gasteiger partial charge in [0.2, 0.25) is 0 Å². The Bertz CT molecular complexity index is 1940. The number of hydrogen-bond donors (Lipinski definition) is 6. The molecular weight excluding hydrogens is 762 g/mol. The number of thiophene rings is 1. The van der Waals surface area contributed by atoms with Crippen molar-refractivity contribution in [2.75, 3.05) is 25.4 Å². The van der Waals surface area contributed by atoms with Crippen LogP contribution >= 0.6 is 34.7 Å². The van der Waals surface area contributed by atoms with Crippen LogP contribution in [0.4, 0.5) is 4.79 Å². The third-order valence-electron chi connectivity index (χ3n) is 8.31. The number of hydrazone groups is 1. The number of carbonyl (C=O) groups is 4. The highest BCUT2D eigenvalue weighted by molar-refractivity contribution is 7.99. The molecule has 0 spiro atoms. The highest BCUT2D eigenvalue weighted by Gasteiger charge is 2.20. The molecule has 4 rings (SSSR count). The van der Waals surface area contributed by atoms with E-state index in [4.69, 9.17) is 16.3 Å². The van der Waals surface area contributed by atoms with Crippen molar-refractivity contribution in [2.24, 2.45) is 5.10 Å². The molecule has 0 radical (unpaired) electrons. The molecule has 3 aromatic carbocycles. The Labute approximate surface area is 334 Å². The van der Waals surface area contributed by atoms with Gasteiger partial charge in [0.25, 0.3) is 11.8 Å². The Hall–Kier alpha value is -5.05. The number of nitrogens with one attached hydrogen (secondary N) is 4. The van der Waals surface area contributed by atoms with E-state index >= 15 is 0 Å². The van der Waals surface area contributed by atoms with Gasteiger partial charge in [-0.1, -0.05) is 54.9 Å². The summed E-state index contributed by atoms with van der Waals surface area (Å²) in [6, 6.07) is 22.2. The van der Waals surface area contributed by atoms with Crippen LogP contribution in [-0.2, 0) is 29.8 Å². The maximum atomic E-state index is 13.4. The summed E-state index contributed by atoms with van der Waals surface area (Å²) >= 11 is 9.34. The van der Waals surface area contributed by atoms with Gasteiger partial charge in [-0.3, -0.25) is 9.59 Å². The van der Waals surface area contributed by atoms with Crippen molar-refractivity contribution in [1.82, 2.24) is 21.4 Å². The predicted octanol–water partition coefficient (Wildman–Crippen LogP) is 6.84. The Morgan fingerprint density at radius 1 is 0.927 bits per heavy atom. The SMILES string of the molecule is CCNC(=O)COc1ccc(CCNC(=O)N/N=C(\CSCc2ccccc2Cl)[C@H](CC)NC(=O)c2ccc(CCCc3ccc(O)c(C(=O)O)c3)s2)cc1. The Morgan fingerprint density at radius 2 is 1.69 bits per heavy atom. The van der Waals surface area contributed by atoms with Gasteiger partial charge in [0.05, 0.1) is 16.6 Å². The average Bonchev–Trinajstić information content (AvgIpc) is 3.65. The molecule has 55 heavy (non-hydrogen) atoms. The van der Waals surface area contributed by atoms with Crippen molar-refractivity contribution in [3.05, 3.63) is 116 Å². The molecule has 0 aliphatic heterocycles. The van der Waals surface area contributed by atoms with Gasteiger partial charge in [0.15, 0.2) is 6.61 Å². The molecule has 15 heteroatoms. The number of rotatable bonds is 21. The summed E-state index contributed by atoms with van der Waals surface area (Å²) in [5, 5.41) is 32.8. The van der Waals surface area contributed by atoms with Crippen molar-refractivity contribution >= 4 is 64.2 Å². The lowest BCUT2D eigenvalue weighted by molar-refractivity contribution is -0.122. The summed E-state index contributed by atoms with van der Waals surface area (Å²) in [5.74, 6) is -0.262. The van der Waals surface area contributed by atoms with Gasteiger partial charge in [-0.2, -0.15) is 16.9 Å².